The molecule has 1 aliphatic rings. The molecule has 0 fully saturated rings. The third-order valence-electron chi connectivity index (χ3n) is 3.75. The van der Waals surface area contributed by atoms with Crippen molar-refractivity contribution in [2.45, 2.75) is 19.5 Å². The van der Waals surface area contributed by atoms with E-state index in [9.17, 15) is 4.79 Å². The van der Waals surface area contributed by atoms with Crippen LogP contribution in [0.3, 0.4) is 0 Å². The monoisotopic (exact) mass is 344 g/mol. The van der Waals surface area contributed by atoms with Gasteiger partial charge < -0.3 is 10.6 Å². The maximum Gasteiger partial charge on any atom is 0.251 e. The van der Waals surface area contributed by atoms with Crippen LogP contribution in [0.1, 0.15) is 27.0 Å². The van der Waals surface area contributed by atoms with Crippen LogP contribution in [0.15, 0.2) is 46.9 Å². The van der Waals surface area contributed by atoms with E-state index in [4.69, 9.17) is 0 Å². The highest BCUT2D eigenvalue weighted by molar-refractivity contribution is 9.10. The highest BCUT2D eigenvalue weighted by Crippen LogP contribution is 2.17. The number of rotatable bonds is 3. The SMILES string of the molecule is O=C(NCc1ccccc1Br)c1ccc2c(c1)CNCC2. The van der Waals surface area contributed by atoms with Crippen molar-refractivity contribution in [2.24, 2.45) is 0 Å². The fraction of sp³-hybridized carbons (Fsp3) is 0.235. The normalized spacial score (nSPS) is 13.6. The number of fused-ring (bicyclic) bond motifs is 1. The molecule has 0 bridgehead atoms. The first-order chi connectivity index (χ1) is 10.2. The van der Waals surface area contributed by atoms with Crippen molar-refractivity contribution >= 4 is 21.8 Å². The van der Waals surface area contributed by atoms with Crippen LogP contribution in [-0.2, 0) is 19.5 Å². The van der Waals surface area contributed by atoms with Gasteiger partial charge in [0.25, 0.3) is 5.91 Å². The predicted molar refractivity (Wildman–Crippen MR) is 87.2 cm³/mol. The summed E-state index contributed by atoms with van der Waals surface area (Å²) in [5.41, 5.74) is 4.38. The Kier molecular flexibility index (Phi) is 4.36. The summed E-state index contributed by atoms with van der Waals surface area (Å²) < 4.78 is 1.01. The maximum absolute atomic E-state index is 12.3. The molecule has 0 saturated carbocycles. The summed E-state index contributed by atoms with van der Waals surface area (Å²) in [7, 11) is 0. The molecule has 0 unspecified atom stereocenters. The van der Waals surface area contributed by atoms with Crippen molar-refractivity contribution in [3.05, 3.63) is 69.2 Å². The quantitative estimate of drug-likeness (QED) is 0.898. The van der Waals surface area contributed by atoms with Crippen LogP contribution >= 0.6 is 15.9 Å². The topological polar surface area (TPSA) is 41.1 Å². The molecule has 0 spiro atoms. The summed E-state index contributed by atoms with van der Waals surface area (Å²) in [6.45, 7) is 2.39. The van der Waals surface area contributed by atoms with Crippen molar-refractivity contribution < 1.29 is 4.79 Å². The minimum atomic E-state index is -0.0286. The zero-order valence-electron chi connectivity index (χ0n) is 11.7. The fourth-order valence-corrected chi connectivity index (χ4v) is 2.97. The summed E-state index contributed by atoms with van der Waals surface area (Å²) >= 11 is 3.49. The number of carbonyl (C=O) groups excluding carboxylic acids is 1. The zero-order chi connectivity index (χ0) is 14.7. The molecule has 0 aromatic heterocycles. The summed E-state index contributed by atoms with van der Waals surface area (Å²) in [5, 5.41) is 6.31. The maximum atomic E-state index is 12.3. The van der Waals surface area contributed by atoms with E-state index in [-0.39, 0.29) is 5.91 Å². The molecule has 3 nitrogen and oxygen atoms in total. The molecule has 2 aromatic carbocycles. The summed E-state index contributed by atoms with van der Waals surface area (Å²) in [6, 6.07) is 13.9. The van der Waals surface area contributed by atoms with Crippen LogP contribution in [-0.4, -0.2) is 12.5 Å². The van der Waals surface area contributed by atoms with Crippen molar-refractivity contribution in [1.29, 1.82) is 0 Å². The van der Waals surface area contributed by atoms with Gasteiger partial charge in [0.1, 0.15) is 0 Å². The molecule has 1 heterocycles. The van der Waals surface area contributed by atoms with Crippen LogP contribution in [0.2, 0.25) is 0 Å². The van der Waals surface area contributed by atoms with E-state index in [1.807, 2.05) is 36.4 Å². The number of hydrogen-bond acceptors (Lipinski definition) is 2. The molecule has 1 aliphatic heterocycles. The van der Waals surface area contributed by atoms with E-state index >= 15 is 0 Å². The standard InChI is InChI=1S/C17H17BrN2O/c18-16-4-2-1-3-14(16)11-20-17(21)13-6-5-12-7-8-19-10-15(12)9-13/h1-6,9,19H,7-8,10-11H2,(H,20,21). The Morgan fingerprint density at radius 1 is 1.19 bits per heavy atom. The molecule has 21 heavy (non-hydrogen) atoms. The second kappa shape index (κ2) is 6.41. The van der Waals surface area contributed by atoms with E-state index < -0.39 is 0 Å². The molecule has 0 atom stereocenters. The lowest BCUT2D eigenvalue weighted by Gasteiger charge is -2.17. The first-order valence-corrected chi connectivity index (χ1v) is 7.87. The number of nitrogens with one attached hydrogen (secondary N) is 2. The van der Waals surface area contributed by atoms with Gasteiger partial charge in [0.05, 0.1) is 0 Å². The lowest BCUT2D eigenvalue weighted by Crippen LogP contribution is -2.26. The third-order valence-corrected chi connectivity index (χ3v) is 4.53. The average Bonchev–Trinajstić information content (AvgIpc) is 2.53. The van der Waals surface area contributed by atoms with Crippen LogP contribution in [0.5, 0.6) is 0 Å². The second-order valence-corrected chi connectivity index (χ2v) is 6.04. The van der Waals surface area contributed by atoms with Crippen molar-refractivity contribution in [2.75, 3.05) is 6.54 Å². The smallest absolute Gasteiger partial charge is 0.251 e. The summed E-state index contributed by atoms with van der Waals surface area (Å²) in [6.07, 6.45) is 1.04. The minimum absolute atomic E-state index is 0.0286. The molecular weight excluding hydrogens is 328 g/mol. The largest absolute Gasteiger partial charge is 0.348 e. The summed E-state index contributed by atoms with van der Waals surface area (Å²) in [4.78, 5) is 12.3. The van der Waals surface area contributed by atoms with Gasteiger partial charge in [-0.3, -0.25) is 4.79 Å². The lowest BCUT2D eigenvalue weighted by atomic mass is 9.98. The first-order valence-electron chi connectivity index (χ1n) is 7.08. The molecule has 4 heteroatoms. The fourth-order valence-electron chi connectivity index (χ4n) is 2.54. The minimum Gasteiger partial charge on any atom is -0.348 e. The Morgan fingerprint density at radius 2 is 2.05 bits per heavy atom. The third kappa shape index (κ3) is 3.34. The van der Waals surface area contributed by atoms with E-state index in [0.29, 0.717) is 6.54 Å². The van der Waals surface area contributed by atoms with Gasteiger partial charge in [-0.2, -0.15) is 0 Å². The Balaban J connectivity index is 1.69. The Bertz CT molecular complexity index is 670. The summed E-state index contributed by atoms with van der Waals surface area (Å²) in [5.74, 6) is -0.0286. The average molecular weight is 345 g/mol. The van der Waals surface area contributed by atoms with Crippen LogP contribution < -0.4 is 10.6 Å². The van der Waals surface area contributed by atoms with Crippen LogP contribution in [0.25, 0.3) is 0 Å². The first kappa shape index (κ1) is 14.3. The van der Waals surface area contributed by atoms with Crippen LogP contribution in [0, 0.1) is 0 Å². The number of hydrogen-bond donors (Lipinski definition) is 2. The number of benzene rings is 2. The van der Waals surface area contributed by atoms with Crippen molar-refractivity contribution in [3.8, 4) is 0 Å². The highest BCUT2D eigenvalue weighted by atomic mass is 79.9. The Hall–Kier alpha value is -1.65. The van der Waals surface area contributed by atoms with E-state index in [2.05, 4.69) is 32.6 Å². The highest BCUT2D eigenvalue weighted by Gasteiger charge is 2.12. The second-order valence-electron chi connectivity index (χ2n) is 5.18. The van der Waals surface area contributed by atoms with Gasteiger partial charge in [-0.1, -0.05) is 40.2 Å². The molecule has 3 rings (SSSR count). The Labute approximate surface area is 132 Å². The molecule has 0 aliphatic carbocycles. The van der Waals surface area contributed by atoms with E-state index in [1.54, 1.807) is 0 Å². The molecule has 0 saturated heterocycles. The predicted octanol–water partition coefficient (Wildman–Crippen LogP) is 3.02. The zero-order valence-corrected chi connectivity index (χ0v) is 13.2. The van der Waals surface area contributed by atoms with Gasteiger partial charge in [-0.05, 0) is 47.9 Å². The number of halogens is 1. The van der Waals surface area contributed by atoms with Gasteiger partial charge in [-0.15, -0.1) is 0 Å². The molecule has 2 aromatic rings. The Morgan fingerprint density at radius 3 is 2.90 bits per heavy atom. The van der Waals surface area contributed by atoms with Gasteiger partial charge in [0.2, 0.25) is 0 Å². The molecule has 108 valence electrons. The molecule has 0 radical (unpaired) electrons. The number of amides is 1. The van der Waals surface area contributed by atoms with Gasteiger partial charge >= 0.3 is 0 Å². The van der Waals surface area contributed by atoms with Crippen molar-refractivity contribution in [3.63, 3.8) is 0 Å². The van der Waals surface area contributed by atoms with Gasteiger partial charge in [0.15, 0.2) is 0 Å². The van der Waals surface area contributed by atoms with E-state index in [1.165, 1.54) is 11.1 Å². The number of carbonyl (C=O) groups is 1. The molecule has 2 N–H and O–H groups in total. The van der Waals surface area contributed by atoms with Crippen molar-refractivity contribution in [1.82, 2.24) is 10.6 Å². The van der Waals surface area contributed by atoms with E-state index in [0.717, 1.165) is 35.1 Å². The van der Waals surface area contributed by atoms with Gasteiger partial charge in [-0.25, -0.2) is 0 Å². The lowest BCUT2D eigenvalue weighted by molar-refractivity contribution is 0.0950. The van der Waals surface area contributed by atoms with Gasteiger partial charge in [0, 0.05) is 23.1 Å². The molecular formula is C17H17BrN2O. The van der Waals surface area contributed by atoms with Crippen LogP contribution in [0.4, 0.5) is 0 Å². The molecule has 1 amide bonds.